The zero-order chi connectivity index (χ0) is 13.6. The van der Waals surface area contributed by atoms with Gasteiger partial charge in [-0.05, 0) is 18.9 Å². The van der Waals surface area contributed by atoms with Gasteiger partial charge in [0.05, 0.1) is 23.6 Å². The van der Waals surface area contributed by atoms with E-state index in [0.717, 1.165) is 18.9 Å². The molecule has 0 unspecified atom stereocenters. The van der Waals surface area contributed by atoms with E-state index in [0.29, 0.717) is 0 Å². The monoisotopic (exact) mass is 259 g/mol. The molecule has 100 valence electrons. The van der Waals surface area contributed by atoms with Gasteiger partial charge < -0.3 is 4.74 Å². The van der Waals surface area contributed by atoms with E-state index >= 15 is 0 Å². The highest BCUT2D eigenvalue weighted by Crippen LogP contribution is 2.38. The normalized spacial score (nSPS) is 16.8. The minimum absolute atomic E-state index is 0.0538. The topological polar surface area (TPSA) is 22.1 Å². The van der Waals surface area contributed by atoms with Crippen LogP contribution in [0.3, 0.4) is 0 Å². The number of pyridine rings is 1. The summed E-state index contributed by atoms with van der Waals surface area (Å²) in [6.45, 7) is 5.14. The van der Waals surface area contributed by atoms with E-state index in [1.165, 1.54) is 6.20 Å². The molecule has 0 amide bonds. The number of nitrogens with zero attached hydrogens (tertiary/aromatic N) is 1. The first kappa shape index (κ1) is 13.2. The van der Waals surface area contributed by atoms with Gasteiger partial charge in [0, 0.05) is 5.41 Å². The molecule has 1 aromatic heterocycles. The molecule has 1 saturated carbocycles. The molecular weight excluding hydrogens is 243 g/mol. The first-order chi connectivity index (χ1) is 8.18. The lowest BCUT2D eigenvalue weighted by Crippen LogP contribution is -2.21. The Labute approximate surface area is 104 Å². The molecule has 0 radical (unpaired) electrons. The van der Waals surface area contributed by atoms with Crippen molar-refractivity contribution >= 4 is 0 Å². The van der Waals surface area contributed by atoms with Gasteiger partial charge >= 0.3 is 6.18 Å². The summed E-state index contributed by atoms with van der Waals surface area (Å²) < 4.78 is 44.4. The molecule has 18 heavy (non-hydrogen) atoms. The molecule has 1 aliphatic rings. The molecule has 0 spiro atoms. The minimum atomic E-state index is -4.40. The second-order valence-corrected chi connectivity index (χ2v) is 5.63. The van der Waals surface area contributed by atoms with Gasteiger partial charge in [0.15, 0.2) is 0 Å². The Morgan fingerprint density at radius 3 is 2.28 bits per heavy atom. The van der Waals surface area contributed by atoms with E-state index in [4.69, 9.17) is 4.74 Å². The molecule has 1 aromatic rings. The highest BCUT2D eigenvalue weighted by Gasteiger charge is 2.38. The summed E-state index contributed by atoms with van der Waals surface area (Å²) in [7, 11) is 0. The van der Waals surface area contributed by atoms with Crippen molar-refractivity contribution in [1.29, 1.82) is 0 Å². The highest BCUT2D eigenvalue weighted by molar-refractivity contribution is 5.35. The molecule has 2 nitrogen and oxygen atoms in total. The van der Waals surface area contributed by atoms with Crippen molar-refractivity contribution in [2.45, 2.75) is 51.3 Å². The molecule has 1 heterocycles. The van der Waals surface area contributed by atoms with E-state index in [2.05, 4.69) is 4.98 Å². The molecule has 0 atom stereocenters. The van der Waals surface area contributed by atoms with Gasteiger partial charge in [0.1, 0.15) is 5.75 Å². The first-order valence-electron chi connectivity index (χ1n) is 5.92. The van der Waals surface area contributed by atoms with Crippen molar-refractivity contribution in [3.8, 4) is 5.75 Å². The third-order valence-electron chi connectivity index (χ3n) is 2.71. The van der Waals surface area contributed by atoms with Crippen LogP contribution in [0.1, 0.15) is 44.9 Å². The number of rotatable bonds is 2. The van der Waals surface area contributed by atoms with E-state index in [-0.39, 0.29) is 17.5 Å². The molecule has 0 aromatic carbocycles. The molecule has 0 saturated heterocycles. The standard InChI is InChI=1S/C13H16F3NO/c1-12(2,3)11-10(13(14,15)16)6-9(7-17-11)18-8-4-5-8/h6-8H,4-5H2,1-3H3. The largest absolute Gasteiger partial charge is 0.489 e. The third kappa shape index (κ3) is 2.94. The number of halogens is 3. The molecule has 0 N–H and O–H groups in total. The Hall–Kier alpha value is -1.26. The van der Waals surface area contributed by atoms with Crippen LogP contribution in [-0.2, 0) is 11.6 Å². The van der Waals surface area contributed by atoms with Crippen LogP contribution in [-0.4, -0.2) is 11.1 Å². The van der Waals surface area contributed by atoms with Crippen molar-refractivity contribution < 1.29 is 17.9 Å². The Kier molecular flexibility index (Phi) is 3.03. The van der Waals surface area contributed by atoms with Gasteiger partial charge in [-0.1, -0.05) is 20.8 Å². The summed E-state index contributed by atoms with van der Waals surface area (Å²) in [5.41, 5.74) is -1.30. The number of hydrogen-bond acceptors (Lipinski definition) is 2. The smallest absolute Gasteiger partial charge is 0.418 e. The molecule has 1 fully saturated rings. The van der Waals surface area contributed by atoms with E-state index < -0.39 is 17.2 Å². The van der Waals surface area contributed by atoms with Crippen molar-refractivity contribution in [3.05, 3.63) is 23.5 Å². The number of hydrogen-bond donors (Lipinski definition) is 0. The summed E-state index contributed by atoms with van der Waals surface area (Å²) >= 11 is 0. The van der Waals surface area contributed by atoms with Gasteiger partial charge in [-0.2, -0.15) is 13.2 Å². The fourth-order valence-electron chi connectivity index (χ4n) is 1.70. The Bertz CT molecular complexity index is 445. The SMILES string of the molecule is CC(C)(C)c1ncc(OC2CC2)cc1C(F)(F)F. The van der Waals surface area contributed by atoms with Crippen LogP contribution >= 0.6 is 0 Å². The van der Waals surface area contributed by atoms with Crippen molar-refractivity contribution in [2.75, 3.05) is 0 Å². The average Bonchev–Trinajstić information content (AvgIpc) is 2.98. The summed E-state index contributed by atoms with van der Waals surface area (Å²) in [4.78, 5) is 3.95. The predicted octanol–water partition coefficient (Wildman–Crippen LogP) is 3.94. The Morgan fingerprint density at radius 2 is 1.83 bits per heavy atom. The molecule has 0 bridgehead atoms. The van der Waals surface area contributed by atoms with E-state index in [1.807, 2.05) is 0 Å². The lowest BCUT2D eigenvalue weighted by Gasteiger charge is -2.23. The van der Waals surface area contributed by atoms with Crippen LogP contribution in [0, 0.1) is 0 Å². The lowest BCUT2D eigenvalue weighted by molar-refractivity contribution is -0.139. The van der Waals surface area contributed by atoms with Crippen LogP contribution in [0.25, 0.3) is 0 Å². The summed E-state index contributed by atoms with van der Waals surface area (Å²) in [5, 5.41) is 0. The van der Waals surface area contributed by atoms with Crippen molar-refractivity contribution in [2.24, 2.45) is 0 Å². The van der Waals surface area contributed by atoms with Crippen molar-refractivity contribution in [1.82, 2.24) is 4.98 Å². The van der Waals surface area contributed by atoms with Crippen LogP contribution in [0.2, 0.25) is 0 Å². The minimum Gasteiger partial charge on any atom is -0.489 e. The van der Waals surface area contributed by atoms with E-state index in [1.54, 1.807) is 20.8 Å². The van der Waals surface area contributed by atoms with Gasteiger partial charge in [0.25, 0.3) is 0 Å². The first-order valence-corrected chi connectivity index (χ1v) is 5.92. The van der Waals surface area contributed by atoms with Crippen LogP contribution < -0.4 is 4.74 Å². The second-order valence-electron chi connectivity index (χ2n) is 5.63. The lowest BCUT2D eigenvalue weighted by atomic mass is 9.88. The molecular formula is C13H16F3NO. The zero-order valence-electron chi connectivity index (χ0n) is 10.6. The van der Waals surface area contributed by atoms with Gasteiger partial charge in [0.2, 0.25) is 0 Å². The fraction of sp³-hybridized carbons (Fsp3) is 0.615. The Morgan fingerprint density at radius 1 is 1.22 bits per heavy atom. The molecule has 0 aliphatic heterocycles. The van der Waals surface area contributed by atoms with Crippen molar-refractivity contribution in [3.63, 3.8) is 0 Å². The number of aromatic nitrogens is 1. The van der Waals surface area contributed by atoms with E-state index in [9.17, 15) is 13.2 Å². The van der Waals surface area contributed by atoms with Gasteiger partial charge in [-0.25, -0.2) is 0 Å². The quantitative estimate of drug-likeness (QED) is 0.802. The zero-order valence-corrected chi connectivity index (χ0v) is 10.6. The van der Waals surface area contributed by atoms with Crippen LogP contribution in [0.15, 0.2) is 12.3 Å². The van der Waals surface area contributed by atoms with Crippen LogP contribution in [0.4, 0.5) is 13.2 Å². The summed E-state index contributed by atoms with van der Waals surface area (Å²) in [5.74, 6) is 0.206. The predicted molar refractivity (Wildman–Crippen MR) is 61.6 cm³/mol. The maximum atomic E-state index is 13.0. The number of ether oxygens (including phenoxy) is 1. The second kappa shape index (κ2) is 4.14. The molecule has 5 heteroatoms. The maximum absolute atomic E-state index is 13.0. The van der Waals surface area contributed by atoms with Crippen LogP contribution in [0.5, 0.6) is 5.75 Å². The average molecular weight is 259 g/mol. The van der Waals surface area contributed by atoms with Gasteiger partial charge in [-0.15, -0.1) is 0 Å². The fourth-order valence-corrected chi connectivity index (χ4v) is 1.70. The maximum Gasteiger partial charge on any atom is 0.418 e. The highest BCUT2D eigenvalue weighted by atomic mass is 19.4. The molecule has 1 aliphatic carbocycles. The molecule has 2 rings (SSSR count). The third-order valence-corrected chi connectivity index (χ3v) is 2.71. The summed E-state index contributed by atoms with van der Waals surface area (Å²) in [6, 6.07) is 1.06. The van der Waals surface area contributed by atoms with Gasteiger partial charge in [-0.3, -0.25) is 4.98 Å². The summed E-state index contributed by atoms with van der Waals surface area (Å²) in [6.07, 6.45) is -1.15. The number of alkyl halides is 3. The Balaban J connectivity index is 2.41.